The highest BCUT2D eigenvalue weighted by molar-refractivity contribution is 5.93. The summed E-state index contributed by atoms with van der Waals surface area (Å²) in [5, 5.41) is 3.00. The lowest BCUT2D eigenvalue weighted by Crippen LogP contribution is -2.32. The van der Waals surface area contributed by atoms with Gasteiger partial charge in [-0.3, -0.25) is 4.79 Å². The van der Waals surface area contributed by atoms with Crippen molar-refractivity contribution in [3.8, 4) is 11.5 Å². The predicted molar refractivity (Wildman–Crippen MR) is 90.1 cm³/mol. The lowest BCUT2D eigenvalue weighted by molar-refractivity contribution is -0.121. The molecule has 1 amide bonds. The van der Waals surface area contributed by atoms with Crippen LogP contribution in [-0.2, 0) is 17.6 Å². The van der Waals surface area contributed by atoms with Crippen molar-refractivity contribution in [2.45, 2.75) is 19.8 Å². The maximum atomic E-state index is 12.5. The molecule has 1 atom stereocenters. The first-order valence-electron chi connectivity index (χ1n) is 7.89. The SMILES string of the molecule is CCc1cccc(NC(=O)C2COc3ccc(OC)cc3C2)c1. The summed E-state index contributed by atoms with van der Waals surface area (Å²) in [6.45, 7) is 2.50. The van der Waals surface area contributed by atoms with Crippen molar-refractivity contribution in [1.82, 2.24) is 0 Å². The fourth-order valence-electron chi connectivity index (χ4n) is 2.78. The molecule has 2 aromatic rings. The standard InChI is InChI=1S/C19H21NO3/c1-3-13-5-4-6-16(9-13)20-19(21)15-10-14-11-17(22-2)7-8-18(14)23-12-15/h4-9,11,15H,3,10,12H2,1-2H3,(H,20,21). The molecular formula is C19H21NO3. The topological polar surface area (TPSA) is 47.6 Å². The predicted octanol–water partition coefficient (Wildman–Crippen LogP) is 3.45. The van der Waals surface area contributed by atoms with Crippen LogP contribution in [0.25, 0.3) is 0 Å². The van der Waals surface area contributed by atoms with Gasteiger partial charge in [0, 0.05) is 5.69 Å². The minimum absolute atomic E-state index is 0.00766. The Kier molecular flexibility index (Phi) is 4.51. The molecule has 2 aromatic carbocycles. The van der Waals surface area contributed by atoms with Crippen molar-refractivity contribution in [2.75, 3.05) is 19.0 Å². The summed E-state index contributed by atoms with van der Waals surface area (Å²) >= 11 is 0. The molecule has 0 radical (unpaired) electrons. The van der Waals surface area contributed by atoms with Crippen LogP contribution in [0.3, 0.4) is 0 Å². The maximum Gasteiger partial charge on any atom is 0.231 e. The first-order valence-corrected chi connectivity index (χ1v) is 7.89. The molecule has 0 aliphatic carbocycles. The molecule has 23 heavy (non-hydrogen) atoms. The number of carbonyl (C=O) groups is 1. The van der Waals surface area contributed by atoms with E-state index in [4.69, 9.17) is 9.47 Å². The smallest absolute Gasteiger partial charge is 0.231 e. The van der Waals surface area contributed by atoms with E-state index in [1.165, 1.54) is 5.56 Å². The molecule has 1 unspecified atom stereocenters. The average molecular weight is 311 g/mol. The Bertz CT molecular complexity index is 712. The highest BCUT2D eigenvalue weighted by Gasteiger charge is 2.26. The zero-order chi connectivity index (χ0) is 16.2. The molecule has 0 spiro atoms. The summed E-state index contributed by atoms with van der Waals surface area (Å²) in [5.41, 5.74) is 3.06. The number of hydrogen-bond acceptors (Lipinski definition) is 3. The lowest BCUT2D eigenvalue weighted by Gasteiger charge is -2.25. The summed E-state index contributed by atoms with van der Waals surface area (Å²) in [5.74, 6) is 1.42. The number of nitrogens with one attached hydrogen (secondary N) is 1. The third kappa shape index (κ3) is 3.47. The number of anilines is 1. The van der Waals surface area contributed by atoms with Gasteiger partial charge in [-0.15, -0.1) is 0 Å². The van der Waals surface area contributed by atoms with E-state index in [2.05, 4.69) is 18.3 Å². The number of carbonyl (C=O) groups excluding carboxylic acids is 1. The first kappa shape index (κ1) is 15.4. The van der Waals surface area contributed by atoms with Gasteiger partial charge in [-0.2, -0.15) is 0 Å². The molecule has 0 aromatic heterocycles. The van der Waals surface area contributed by atoms with Crippen LogP contribution < -0.4 is 14.8 Å². The molecule has 3 rings (SSSR count). The van der Waals surface area contributed by atoms with Crippen molar-refractivity contribution < 1.29 is 14.3 Å². The second-order valence-electron chi connectivity index (χ2n) is 5.73. The van der Waals surface area contributed by atoms with Crippen molar-refractivity contribution in [2.24, 2.45) is 5.92 Å². The van der Waals surface area contributed by atoms with Gasteiger partial charge in [0.05, 0.1) is 13.0 Å². The molecule has 1 aliphatic rings. The summed E-state index contributed by atoms with van der Waals surface area (Å²) in [6.07, 6.45) is 1.61. The van der Waals surface area contributed by atoms with Crippen LogP contribution in [0.15, 0.2) is 42.5 Å². The molecule has 4 nitrogen and oxygen atoms in total. The third-order valence-electron chi connectivity index (χ3n) is 4.15. The zero-order valence-corrected chi connectivity index (χ0v) is 13.5. The number of amides is 1. The quantitative estimate of drug-likeness (QED) is 0.941. The fraction of sp³-hybridized carbons (Fsp3) is 0.316. The Morgan fingerprint density at radius 1 is 1.30 bits per heavy atom. The Labute approximate surface area is 136 Å². The van der Waals surface area contributed by atoms with E-state index in [0.717, 1.165) is 29.2 Å². The molecule has 4 heteroatoms. The van der Waals surface area contributed by atoms with Gasteiger partial charge in [-0.1, -0.05) is 19.1 Å². The molecule has 120 valence electrons. The third-order valence-corrected chi connectivity index (χ3v) is 4.15. The van der Waals surface area contributed by atoms with Gasteiger partial charge >= 0.3 is 0 Å². The number of rotatable bonds is 4. The summed E-state index contributed by atoms with van der Waals surface area (Å²) in [6, 6.07) is 13.7. The van der Waals surface area contributed by atoms with Gasteiger partial charge in [0.15, 0.2) is 0 Å². The molecule has 0 saturated heterocycles. The van der Waals surface area contributed by atoms with E-state index in [-0.39, 0.29) is 11.8 Å². The molecule has 1 aliphatic heterocycles. The highest BCUT2D eigenvalue weighted by Crippen LogP contribution is 2.31. The van der Waals surface area contributed by atoms with Crippen LogP contribution in [0, 0.1) is 5.92 Å². The average Bonchev–Trinajstić information content (AvgIpc) is 2.60. The lowest BCUT2D eigenvalue weighted by atomic mass is 9.95. The number of aryl methyl sites for hydroxylation is 1. The van der Waals surface area contributed by atoms with Gasteiger partial charge in [-0.25, -0.2) is 0 Å². The molecule has 1 N–H and O–H groups in total. The molecule has 1 heterocycles. The van der Waals surface area contributed by atoms with Crippen molar-refractivity contribution >= 4 is 11.6 Å². The van der Waals surface area contributed by atoms with E-state index in [0.29, 0.717) is 13.0 Å². The van der Waals surface area contributed by atoms with Crippen molar-refractivity contribution in [3.05, 3.63) is 53.6 Å². The summed E-state index contributed by atoms with van der Waals surface area (Å²) in [4.78, 5) is 12.5. The Balaban J connectivity index is 1.71. The van der Waals surface area contributed by atoms with E-state index in [1.807, 2.05) is 36.4 Å². The zero-order valence-electron chi connectivity index (χ0n) is 13.5. The Morgan fingerprint density at radius 2 is 2.17 bits per heavy atom. The van der Waals surface area contributed by atoms with Gasteiger partial charge in [0.1, 0.15) is 18.1 Å². The molecule has 0 saturated carbocycles. The van der Waals surface area contributed by atoms with Gasteiger partial charge in [0.2, 0.25) is 5.91 Å². The fourth-order valence-corrected chi connectivity index (χ4v) is 2.78. The first-order chi connectivity index (χ1) is 11.2. The molecule has 0 fully saturated rings. The second-order valence-corrected chi connectivity index (χ2v) is 5.73. The summed E-state index contributed by atoms with van der Waals surface area (Å²) in [7, 11) is 1.64. The van der Waals surface area contributed by atoms with Crippen molar-refractivity contribution in [1.29, 1.82) is 0 Å². The number of fused-ring (bicyclic) bond motifs is 1. The van der Waals surface area contributed by atoms with E-state index in [1.54, 1.807) is 7.11 Å². The number of methoxy groups -OCH3 is 1. The second kappa shape index (κ2) is 6.73. The number of benzene rings is 2. The van der Waals surface area contributed by atoms with Gasteiger partial charge < -0.3 is 14.8 Å². The van der Waals surface area contributed by atoms with Crippen LogP contribution in [0.5, 0.6) is 11.5 Å². The maximum absolute atomic E-state index is 12.5. The van der Waals surface area contributed by atoms with E-state index < -0.39 is 0 Å². The van der Waals surface area contributed by atoms with Gasteiger partial charge in [0.25, 0.3) is 0 Å². The summed E-state index contributed by atoms with van der Waals surface area (Å²) < 4.78 is 11.0. The Morgan fingerprint density at radius 3 is 2.96 bits per heavy atom. The number of ether oxygens (including phenoxy) is 2. The molecule has 0 bridgehead atoms. The monoisotopic (exact) mass is 311 g/mol. The van der Waals surface area contributed by atoms with Crippen LogP contribution >= 0.6 is 0 Å². The van der Waals surface area contributed by atoms with Crippen molar-refractivity contribution in [3.63, 3.8) is 0 Å². The van der Waals surface area contributed by atoms with E-state index in [9.17, 15) is 4.79 Å². The minimum Gasteiger partial charge on any atom is -0.497 e. The van der Waals surface area contributed by atoms with E-state index >= 15 is 0 Å². The minimum atomic E-state index is -0.195. The molecular weight excluding hydrogens is 290 g/mol. The highest BCUT2D eigenvalue weighted by atomic mass is 16.5. The van der Waals surface area contributed by atoms with Crippen LogP contribution in [0.2, 0.25) is 0 Å². The normalized spacial score (nSPS) is 16.2. The van der Waals surface area contributed by atoms with Crippen LogP contribution in [0.1, 0.15) is 18.1 Å². The largest absolute Gasteiger partial charge is 0.497 e. The van der Waals surface area contributed by atoms with Crippen LogP contribution in [0.4, 0.5) is 5.69 Å². The van der Waals surface area contributed by atoms with Crippen LogP contribution in [-0.4, -0.2) is 19.6 Å². The Hall–Kier alpha value is -2.49. The van der Waals surface area contributed by atoms with Gasteiger partial charge in [-0.05, 0) is 54.3 Å². The number of hydrogen-bond donors (Lipinski definition) is 1.